The predicted octanol–water partition coefficient (Wildman–Crippen LogP) is 2.04. The zero-order valence-corrected chi connectivity index (χ0v) is 11.3. The van der Waals surface area contributed by atoms with Crippen LogP contribution >= 0.6 is 15.9 Å². The van der Waals surface area contributed by atoms with Crippen LogP contribution in [0, 0.1) is 5.92 Å². The van der Waals surface area contributed by atoms with E-state index in [0.29, 0.717) is 6.04 Å². The lowest BCUT2D eigenvalue weighted by molar-refractivity contribution is -0.140. The second-order valence-electron chi connectivity index (χ2n) is 4.35. The number of methoxy groups -OCH3 is 1. The van der Waals surface area contributed by atoms with Crippen molar-refractivity contribution in [3.63, 3.8) is 0 Å². The summed E-state index contributed by atoms with van der Waals surface area (Å²) in [5, 5.41) is 0. The van der Waals surface area contributed by atoms with Crippen LogP contribution in [0.15, 0.2) is 0 Å². The maximum absolute atomic E-state index is 11.3. The van der Waals surface area contributed by atoms with Crippen molar-refractivity contribution in [2.24, 2.45) is 5.92 Å². The number of alkyl halides is 1. The third-order valence-electron chi connectivity index (χ3n) is 3.36. The largest absolute Gasteiger partial charge is 0.468 e. The van der Waals surface area contributed by atoms with Gasteiger partial charge in [0, 0.05) is 12.6 Å². The van der Waals surface area contributed by atoms with Gasteiger partial charge in [0.2, 0.25) is 0 Å². The van der Waals surface area contributed by atoms with Crippen molar-refractivity contribution in [3.05, 3.63) is 0 Å². The lowest BCUT2D eigenvalue weighted by Gasteiger charge is -2.38. The van der Waals surface area contributed by atoms with E-state index >= 15 is 0 Å². The molecule has 0 bridgehead atoms. The molecule has 1 fully saturated rings. The van der Waals surface area contributed by atoms with E-state index in [2.05, 4.69) is 34.7 Å². The minimum Gasteiger partial charge on any atom is -0.468 e. The van der Waals surface area contributed by atoms with Crippen LogP contribution in [0.25, 0.3) is 0 Å². The van der Waals surface area contributed by atoms with Gasteiger partial charge in [-0.15, -0.1) is 0 Å². The van der Waals surface area contributed by atoms with Gasteiger partial charge in [0.1, 0.15) is 4.83 Å². The van der Waals surface area contributed by atoms with Crippen molar-refractivity contribution in [1.29, 1.82) is 0 Å². The summed E-state index contributed by atoms with van der Waals surface area (Å²) in [7, 11) is 1.43. The molecule has 3 unspecified atom stereocenters. The molecule has 0 saturated carbocycles. The van der Waals surface area contributed by atoms with Gasteiger partial charge in [-0.1, -0.05) is 22.9 Å². The molecule has 15 heavy (non-hydrogen) atoms. The number of ether oxygens (including phenoxy) is 1. The Kier molecular flexibility index (Phi) is 5.06. The number of hydrogen-bond acceptors (Lipinski definition) is 3. The highest BCUT2D eigenvalue weighted by Gasteiger charge is 2.28. The van der Waals surface area contributed by atoms with Crippen LogP contribution in [-0.2, 0) is 9.53 Å². The quantitative estimate of drug-likeness (QED) is 0.584. The topological polar surface area (TPSA) is 29.5 Å². The van der Waals surface area contributed by atoms with Crippen LogP contribution < -0.4 is 0 Å². The number of carbonyl (C=O) groups is 1. The molecule has 1 saturated heterocycles. The smallest absolute Gasteiger partial charge is 0.320 e. The number of carbonyl (C=O) groups excluding carboxylic acids is 1. The van der Waals surface area contributed by atoms with E-state index in [4.69, 9.17) is 4.74 Å². The normalized spacial score (nSPS) is 29.9. The van der Waals surface area contributed by atoms with Crippen LogP contribution in [-0.4, -0.2) is 41.9 Å². The Bertz CT molecular complexity index is 223. The van der Waals surface area contributed by atoms with Gasteiger partial charge in [-0.25, -0.2) is 0 Å². The summed E-state index contributed by atoms with van der Waals surface area (Å²) < 4.78 is 4.70. The average molecular weight is 278 g/mol. The molecule has 0 N–H and O–H groups in total. The molecule has 1 rings (SSSR count). The van der Waals surface area contributed by atoms with Crippen molar-refractivity contribution in [2.45, 2.75) is 37.6 Å². The van der Waals surface area contributed by atoms with Crippen LogP contribution in [0.4, 0.5) is 0 Å². The molecule has 0 aromatic rings. The maximum Gasteiger partial charge on any atom is 0.320 e. The zero-order chi connectivity index (χ0) is 11.4. The second kappa shape index (κ2) is 5.85. The molecule has 3 atom stereocenters. The van der Waals surface area contributed by atoms with Gasteiger partial charge in [-0.2, -0.15) is 0 Å². The molecular weight excluding hydrogens is 258 g/mol. The van der Waals surface area contributed by atoms with Crippen LogP contribution in [0.2, 0.25) is 0 Å². The van der Waals surface area contributed by atoms with Crippen molar-refractivity contribution >= 4 is 21.9 Å². The molecule has 0 aliphatic carbocycles. The maximum atomic E-state index is 11.3. The summed E-state index contributed by atoms with van der Waals surface area (Å²) in [6.07, 6.45) is 2.52. The van der Waals surface area contributed by atoms with Crippen molar-refractivity contribution in [2.75, 3.05) is 20.2 Å². The highest BCUT2D eigenvalue weighted by atomic mass is 79.9. The standard InChI is InChI=1S/C11H20BrNO2/c1-8-5-4-6-13(9(8)2)7-10(12)11(14)15-3/h8-10H,4-7H2,1-3H3. The number of esters is 1. The Hall–Kier alpha value is -0.0900. The molecule has 1 heterocycles. The van der Waals surface area contributed by atoms with E-state index in [-0.39, 0.29) is 10.8 Å². The minimum atomic E-state index is -0.199. The predicted molar refractivity (Wildman–Crippen MR) is 64.2 cm³/mol. The average Bonchev–Trinajstić information content (AvgIpc) is 2.23. The summed E-state index contributed by atoms with van der Waals surface area (Å²) in [6, 6.07) is 0.559. The van der Waals surface area contributed by atoms with E-state index < -0.39 is 0 Å². The fourth-order valence-corrected chi connectivity index (χ4v) is 2.65. The Balaban J connectivity index is 2.46. The number of nitrogens with zero attached hydrogens (tertiary/aromatic N) is 1. The number of piperidine rings is 1. The van der Waals surface area contributed by atoms with Crippen molar-refractivity contribution in [3.8, 4) is 0 Å². The van der Waals surface area contributed by atoms with Crippen molar-refractivity contribution in [1.82, 2.24) is 4.90 Å². The summed E-state index contributed by atoms with van der Waals surface area (Å²) in [6.45, 7) is 6.35. The fourth-order valence-electron chi connectivity index (χ4n) is 2.09. The zero-order valence-electron chi connectivity index (χ0n) is 9.70. The summed E-state index contributed by atoms with van der Waals surface area (Å²) in [4.78, 5) is 13.4. The van der Waals surface area contributed by atoms with E-state index in [1.807, 2.05) is 0 Å². The third kappa shape index (κ3) is 3.45. The second-order valence-corrected chi connectivity index (χ2v) is 5.45. The van der Waals surface area contributed by atoms with Gasteiger partial charge in [-0.05, 0) is 32.2 Å². The SMILES string of the molecule is COC(=O)C(Br)CN1CCCC(C)C1C. The van der Waals surface area contributed by atoms with Gasteiger partial charge in [0.15, 0.2) is 0 Å². The van der Waals surface area contributed by atoms with Crippen LogP contribution in [0.1, 0.15) is 26.7 Å². The first-order chi connectivity index (χ1) is 7.06. The van der Waals surface area contributed by atoms with Crippen LogP contribution in [0.5, 0.6) is 0 Å². The number of halogens is 1. The molecule has 0 amide bonds. The Morgan fingerprint density at radius 2 is 2.27 bits per heavy atom. The van der Waals surface area contributed by atoms with Gasteiger partial charge in [0.25, 0.3) is 0 Å². The molecule has 1 aliphatic heterocycles. The molecule has 88 valence electrons. The first-order valence-electron chi connectivity index (χ1n) is 5.52. The first-order valence-corrected chi connectivity index (χ1v) is 6.43. The number of hydrogen-bond donors (Lipinski definition) is 0. The summed E-state index contributed by atoms with van der Waals surface area (Å²) >= 11 is 3.37. The highest BCUT2D eigenvalue weighted by molar-refractivity contribution is 9.10. The third-order valence-corrected chi connectivity index (χ3v) is 4.02. The highest BCUT2D eigenvalue weighted by Crippen LogP contribution is 2.23. The molecule has 4 heteroatoms. The van der Waals surface area contributed by atoms with E-state index in [1.54, 1.807) is 0 Å². The van der Waals surface area contributed by atoms with Gasteiger partial charge in [0.05, 0.1) is 7.11 Å². The molecular formula is C11H20BrNO2. The molecule has 0 aromatic heterocycles. The molecule has 1 aliphatic rings. The minimum absolute atomic E-state index is 0.180. The fraction of sp³-hybridized carbons (Fsp3) is 0.909. The number of rotatable bonds is 3. The first kappa shape index (κ1) is 13.0. The Morgan fingerprint density at radius 3 is 2.87 bits per heavy atom. The molecule has 0 aromatic carbocycles. The van der Waals surface area contributed by atoms with E-state index in [0.717, 1.165) is 19.0 Å². The lowest BCUT2D eigenvalue weighted by Crippen LogP contribution is -2.46. The van der Waals surface area contributed by atoms with Gasteiger partial charge < -0.3 is 4.74 Å². The van der Waals surface area contributed by atoms with Crippen molar-refractivity contribution < 1.29 is 9.53 Å². The molecule has 0 radical (unpaired) electrons. The van der Waals surface area contributed by atoms with E-state index in [9.17, 15) is 4.79 Å². The Morgan fingerprint density at radius 1 is 1.60 bits per heavy atom. The van der Waals surface area contributed by atoms with Gasteiger partial charge in [-0.3, -0.25) is 9.69 Å². The molecule has 0 spiro atoms. The Labute approximate surface area is 100 Å². The monoisotopic (exact) mass is 277 g/mol. The molecule has 3 nitrogen and oxygen atoms in total. The van der Waals surface area contributed by atoms with Crippen LogP contribution in [0.3, 0.4) is 0 Å². The summed E-state index contributed by atoms with van der Waals surface area (Å²) in [5.41, 5.74) is 0. The summed E-state index contributed by atoms with van der Waals surface area (Å²) in [5.74, 6) is 0.538. The number of likely N-dealkylation sites (tertiary alicyclic amines) is 1. The van der Waals surface area contributed by atoms with E-state index in [1.165, 1.54) is 20.0 Å². The lowest BCUT2D eigenvalue weighted by atomic mass is 9.92. The van der Waals surface area contributed by atoms with Gasteiger partial charge >= 0.3 is 5.97 Å².